The van der Waals surface area contributed by atoms with Crippen LogP contribution in [0, 0.1) is 6.92 Å². The largest absolute Gasteiger partial charge is 0.338 e. The average Bonchev–Trinajstić information content (AvgIpc) is 2.50. The first-order chi connectivity index (χ1) is 10.7. The van der Waals surface area contributed by atoms with Crippen LogP contribution < -0.4 is 10.6 Å². The number of unbranched alkanes of at least 4 members (excludes halogenated alkanes) is 3. The minimum Gasteiger partial charge on any atom is -0.338 e. The summed E-state index contributed by atoms with van der Waals surface area (Å²) in [7, 11) is 0. The monoisotopic (exact) mass is 319 g/mol. The molecule has 22 heavy (non-hydrogen) atoms. The maximum atomic E-state index is 11.9. The maximum Gasteiger partial charge on any atom is 0.319 e. The van der Waals surface area contributed by atoms with Crippen LogP contribution in [-0.2, 0) is 0 Å². The van der Waals surface area contributed by atoms with E-state index in [2.05, 4.69) is 15.6 Å². The Morgan fingerprint density at radius 2 is 1.95 bits per heavy atom. The molecule has 1 aromatic carbocycles. The Kier molecular flexibility index (Phi) is 6.46. The Morgan fingerprint density at radius 3 is 2.77 bits per heavy atom. The molecule has 1 aromatic heterocycles. The second kappa shape index (κ2) is 8.59. The number of aromatic nitrogens is 1. The minimum atomic E-state index is -0.176. The van der Waals surface area contributed by atoms with Gasteiger partial charge in [0.15, 0.2) is 0 Å². The van der Waals surface area contributed by atoms with Crippen LogP contribution in [0.15, 0.2) is 30.3 Å². The highest BCUT2D eigenvalue weighted by Crippen LogP contribution is 2.22. The van der Waals surface area contributed by atoms with Crippen LogP contribution in [0.2, 0.25) is 0 Å². The van der Waals surface area contributed by atoms with E-state index in [1.165, 1.54) is 0 Å². The van der Waals surface area contributed by atoms with Gasteiger partial charge in [-0.1, -0.05) is 18.9 Å². The summed E-state index contributed by atoms with van der Waals surface area (Å²) < 4.78 is 0. The number of amides is 2. The second-order valence-corrected chi connectivity index (χ2v) is 5.69. The molecule has 0 spiro atoms. The van der Waals surface area contributed by atoms with E-state index in [0.29, 0.717) is 12.4 Å². The van der Waals surface area contributed by atoms with Crippen LogP contribution >= 0.6 is 11.6 Å². The smallest absolute Gasteiger partial charge is 0.319 e. The van der Waals surface area contributed by atoms with Crippen molar-refractivity contribution in [3.8, 4) is 0 Å². The fourth-order valence-corrected chi connectivity index (χ4v) is 2.50. The molecule has 0 atom stereocenters. The summed E-state index contributed by atoms with van der Waals surface area (Å²) in [5.74, 6) is 0.711. The number of anilines is 1. The van der Waals surface area contributed by atoms with E-state index in [0.717, 1.165) is 48.0 Å². The van der Waals surface area contributed by atoms with Gasteiger partial charge >= 0.3 is 6.03 Å². The molecule has 0 aliphatic carbocycles. The van der Waals surface area contributed by atoms with Gasteiger partial charge in [0.05, 0.1) is 11.2 Å². The van der Waals surface area contributed by atoms with Crippen LogP contribution in [0.4, 0.5) is 10.5 Å². The molecule has 4 nitrogen and oxygen atoms in total. The summed E-state index contributed by atoms with van der Waals surface area (Å²) in [6.07, 6.45) is 4.21. The third-order valence-corrected chi connectivity index (χ3v) is 3.73. The fraction of sp³-hybridized carbons (Fsp3) is 0.412. The highest BCUT2D eigenvalue weighted by atomic mass is 35.5. The molecule has 0 aliphatic heterocycles. The number of carbonyl (C=O) groups is 1. The molecule has 5 heteroatoms. The van der Waals surface area contributed by atoms with Gasteiger partial charge in [-0.15, -0.1) is 11.6 Å². The van der Waals surface area contributed by atoms with Crippen molar-refractivity contribution < 1.29 is 4.79 Å². The molecule has 0 fully saturated rings. The zero-order chi connectivity index (χ0) is 15.8. The van der Waals surface area contributed by atoms with Crippen molar-refractivity contribution >= 4 is 34.2 Å². The van der Waals surface area contributed by atoms with Gasteiger partial charge in [0.1, 0.15) is 0 Å². The van der Waals surface area contributed by atoms with E-state index in [1.807, 2.05) is 37.3 Å². The van der Waals surface area contributed by atoms with Crippen LogP contribution in [0.25, 0.3) is 10.9 Å². The first-order valence-electron chi connectivity index (χ1n) is 7.68. The Hall–Kier alpha value is -1.81. The van der Waals surface area contributed by atoms with Gasteiger partial charge in [-0.3, -0.25) is 4.98 Å². The Morgan fingerprint density at radius 1 is 1.14 bits per heavy atom. The lowest BCUT2D eigenvalue weighted by Crippen LogP contribution is -2.29. The van der Waals surface area contributed by atoms with Gasteiger partial charge in [-0.2, -0.15) is 0 Å². The van der Waals surface area contributed by atoms with Gasteiger partial charge in [0, 0.05) is 23.5 Å². The lowest BCUT2D eigenvalue weighted by Gasteiger charge is -2.10. The molecule has 118 valence electrons. The summed E-state index contributed by atoms with van der Waals surface area (Å²) in [6, 6.07) is 9.49. The minimum absolute atomic E-state index is 0.176. The molecular formula is C17H22ClN3O. The normalized spacial score (nSPS) is 10.6. The van der Waals surface area contributed by atoms with Crippen molar-refractivity contribution in [3.05, 3.63) is 36.0 Å². The Labute approximate surface area is 136 Å². The van der Waals surface area contributed by atoms with E-state index >= 15 is 0 Å². The number of carbonyl (C=O) groups excluding carboxylic acids is 1. The van der Waals surface area contributed by atoms with E-state index in [4.69, 9.17) is 11.6 Å². The lowest BCUT2D eigenvalue weighted by molar-refractivity contribution is 0.252. The van der Waals surface area contributed by atoms with Crippen molar-refractivity contribution in [2.45, 2.75) is 32.6 Å². The molecule has 0 unspecified atom stereocenters. The van der Waals surface area contributed by atoms with Crippen molar-refractivity contribution in [1.82, 2.24) is 10.3 Å². The number of alkyl halides is 1. The molecule has 0 saturated heterocycles. The highest BCUT2D eigenvalue weighted by Gasteiger charge is 2.05. The van der Waals surface area contributed by atoms with Crippen LogP contribution in [0.1, 0.15) is 31.4 Å². The van der Waals surface area contributed by atoms with Crippen molar-refractivity contribution in [3.63, 3.8) is 0 Å². The molecule has 2 N–H and O–H groups in total. The quantitative estimate of drug-likeness (QED) is 0.584. The maximum absolute atomic E-state index is 11.9. The predicted octanol–water partition coefficient (Wildman–Crippen LogP) is 4.46. The Balaban J connectivity index is 1.87. The molecule has 0 radical (unpaired) electrons. The van der Waals surface area contributed by atoms with Gasteiger partial charge in [-0.05, 0) is 44.0 Å². The molecular weight excluding hydrogens is 298 g/mol. The lowest BCUT2D eigenvalue weighted by atomic mass is 10.1. The summed E-state index contributed by atoms with van der Waals surface area (Å²) >= 11 is 5.63. The zero-order valence-electron chi connectivity index (χ0n) is 12.9. The molecule has 1 heterocycles. The summed E-state index contributed by atoms with van der Waals surface area (Å²) in [6.45, 7) is 2.63. The Bertz CT molecular complexity index is 630. The number of rotatable bonds is 7. The number of nitrogens with one attached hydrogen (secondary N) is 2. The van der Waals surface area contributed by atoms with Crippen molar-refractivity contribution in [2.75, 3.05) is 17.7 Å². The average molecular weight is 320 g/mol. The molecule has 2 aromatic rings. The third-order valence-electron chi connectivity index (χ3n) is 3.47. The topological polar surface area (TPSA) is 54.0 Å². The first kappa shape index (κ1) is 16.6. The third kappa shape index (κ3) is 4.88. The number of benzene rings is 1. The number of aryl methyl sites for hydroxylation is 1. The number of nitrogens with zero attached hydrogens (tertiary/aromatic N) is 1. The van der Waals surface area contributed by atoms with Gasteiger partial charge in [0.25, 0.3) is 0 Å². The van der Waals surface area contributed by atoms with E-state index in [1.54, 1.807) is 0 Å². The SMILES string of the molecule is Cc1ccc2c(NC(=O)NCCCCCCCl)cccc2n1. The molecule has 2 amide bonds. The molecule has 0 saturated carbocycles. The number of fused-ring (bicyclic) bond motifs is 1. The van der Waals surface area contributed by atoms with Crippen LogP contribution in [0.5, 0.6) is 0 Å². The van der Waals surface area contributed by atoms with E-state index in [9.17, 15) is 4.79 Å². The fourth-order valence-electron chi connectivity index (χ4n) is 2.31. The summed E-state index contributed by atoms with van der Waals surface area (Å²) in [5.41, 5.74) is 2.63. The van der Waals surface area contributed by atoms with Crippen LogP contribution in [-0.4, -0.2) is 23.4 Å². The van der Waals surface area contributed by atoms with Gasteiger partial charge < -0.3 is 10.6 Å². The molecule has 2 rings (SSSR count). The molecule has 0 aliphatic rings. The summed E-state index contributed by atoms with van der Waals surface area (Å²) in [5, 5.41) is 6.73. The second-order valence-electron chi connectivity index (χ2n) is 5.31. The first-order valence-corrected chi connectivity index (χ1v) is 8.21. The summed E-state index contributed by atoms with van der Waals surface area (Å²) in [4.78, 5) is 16.4. The standard InChI is InChI=1S/C17H22ClN3O/c1-13-9-10-14-15(20-13)7-6-8-16(14)21-17(22)19-12-5-3-2-4-11-18/h6-10H,2-5,11-12H2,1H3,(H2,19,21,22). The predicted molar refractivity (Wildman–Crippen MR) is 92.7 cm³/mol. The van der Waals surface area contributed by atoms with Gasteiger partial charge in [-0.25, -0.2) is 4.79 Å². The van der Waals surface area contributed by atoms with Crippen molar-refractivity contribution in [1.29, 1.82) is 0 Å². The van der Waals surface area contributed by atoms with E-state index in [-0.39, 0.29) is 6.03 Å². The van der Waals surface area contributed by atoms with Crippen molar-refractivity contribution in [2.24, 2.45) is 0 Å². The zero-order valence-corrected chi connectivity index (χ0v) is 13.6. The molecule has 0 bridgehead atoms. The number of hydrogen-bond donors (Lipinski definition) is 2. The highest BCUT2D eigenvalue weighted by molar-refractivity contribution is 6.17. The number of hydrogen-bond acceptors (Lipinski definition) is 2. The van der Waals surface area contributed by atoms with Gasteiger partial charge in [0.2, 0.25) is 0 Å². The van der Waals surface area contributed by atoms with Crippen LogP contribution in [0.3, 0.4) is 0 Å². The number of urea groups is 1. The van der Waals surface area contributed by atoms with E-state index < -0.39 is 0 Å². The number of pyridine rings is 1. The number of halogens is 1.